The second-order valence-electron chi connectivity index (χ2n) is 4.42. The summed E-state index contributed by atoms with van der Waals surface area (Å²) >= 11 is 0. The Morgan fingerprint density at radius 2 is 2.00 bits per heavy atom. The third kappa shape index (κ3) is 3.31. The fraction of sp³-hybridized carbons (Fsp3) is 0.545. The summed E-state index contributed by atoms with van der Waals surface area (Å²) in [6.07, 6.45) is 0.320. The largest absolute Gasteiger partial charge is 0.480 e. The second-order valence-corrected chi connectivity index (χ2v) is 4.42. The number of aromatic nitrogens is 2. The lowest BCUT2D eigenvalue weighted by atomic mass is 9.88. The van der Waals surface area contributed by atoms with Gasteiger partial charge in [0.05, 0.1) is 19.2 Å². The number of carbonyl (C=O) groups excluding carboxylic acids is 1. The molecule has 0 bridgehead atoms. The van der Waals surface area contributed by atoms with Gasteiger partial charge in [0.1, 0.15) is 5.78 Å². The molecule has 1 heterocycles. The Balaban J connectivity index is 2.70. The standard InChI is InChI=1S/C11H16N2O2/c1-11(2,3)9(14)7-8-5-6-10(15-4)13-12-8/h5-6H,7H2,1-4H3. The Bertz CT molecular complexity index is 339. The summed E-state index contributed by atoms with van der Waals surface area (Å²) in [5, 5.41) is 7.72. The van der Waals surface area contributed by atoms with Crippen LogP contribution >= 0.6 is 0 Å². The molecule has 0 aromatic carbocycles. The van der Waals surface area contributed by atoms with Crippen molar-refractivity contribution in [3.05, 3.63) is 17.8 Å². The summed E-state index contributed by atoms with van der Waals surface area (Å²) < 4.78 is 4.88. The zero-order valence-corrected chi connectivity index (χ0v) is 9.57. The van der Waals surface area contributed by atoms with Gasteiger partial charge in [0.2, 0.25) is 5.88 Å². The minimum atomic E-state index is -0.332. The topological polar surface area (TPSA) is 52.1 Å². The quantitative estimate of drug-likeness (QED) is 0.757. The maximum absolute atomic E-state index is 11.7. The van der Waals surface area contributed by atoms with E-state index in [-0.39, 0.29) is 11.2 Å². The highest BCUT2D eigenvalue weighted by atomic mass is 16.5. The number of methoxy groups -OCH3 is 1. The van der Waals surface area contributed by atoms with Crippen LogP contribution in [0, 0.1) is 5.41 Å². The van der Waals surface area contributed by atoms with Crippen molar-refractivity contribution >= 4 is 5.78 Å². The molecule has 0 radical (unpaired) electrons. The van der Waals surface area contributed by atoms with Crippen LogP contribution in [0.1, 0.15) is 26.5 Å². The highest BCUT2D eigenvalue weighted by molar-refractivity contribution is 5.85. The molecule has 0 saturated carbocycles. The Morgan fingerprint density at radius 3 is 2.40 bits per heavy atom. The molecule has 4 nitrogen and oxygen atoms in total. The van der Waals surface area contributed by atoms with Crippen molar-refractivity contribution in [1.82, 2.24) is 10.2 Å². The minimum Gasteiger partial charge on any atom is -0.480 e. The first kappa shape index (κ1) is 11.6. The summed E-state index contributed by atoms with van der Waals surface area (Å²) in [6.45, 7) is 5.69. The van der Waals surface area contributed by atoms with Gasteiger partial charge in [-0.1, -0.05) is 20.8 Å². The van der Waals surface area contributed by atoms with Crippen molar-refractivity contribution in [2.75, 3.05) is 7.11 Å². The maximum atomic E-state index is 11.7. The monoisotopic (exact) mass is 208 g/mol. The molecule has 4 heteroatoms. The summed E-state index contributed by atoms with van der Waals surface area (Å²) in [5.41, 5.74) is 0.345. The predicted molar refractivity (Wildman–Crippen MR) is 56.8 cm³/mol. The molecule has 0 N–H and O–H groups in total. The Labute approximate surface area is 89.7 Å². The van der Waals surface area contributed by atoms with Gasteiger partial charge in [-0.15, -0.1) is 5.10 Å². The van der Waals surface area contributed by atoms with Crippen molar-refractivity contribution in [2.45, 2.75) is 27.2 Å². The van der Waals surface area contributed by atoms with Gasteiger partial charge in [0.15, 0.2) is 0 Å². The molecule has 1 rings (SSSR count). The van der Waals surface area contributed by atoms with E-state index in [0.29, 0.717) is 18.0 Å². The lowest BCUT2D eigenvalue weighted by Gasteiger charge is -2.15. The molecular weight excluding hydrogens is 192 g/mol. The first-order valence-corrected chi connectivity index (χ1v) is 4.83. The first-order valence-electron chi connectivity index (χ1n) is 4.83. The molecular formula is C11H16N2O2. The Morgan fingerprint density at radius 1 is 1.33 bits per heavy atom. The molecule has 0 aliphatic carbocycles. The number of ether oxygens (including phenoxy) is 1. The lowest BCUT2D eigenvalue weighted by molar-refractivity contribution is -0.125. The molecule has 0 saturated heterocycles. The van der Waals surface area contributed by atoms with Crippen LogP contribution in [-0.2, 0) is 11.2 Å². The van der Waals surface area contributed by atoms with Crippen molar-refractivity contribution in [2.24, 2.45) is 5.41 Å². The molecule has 0 spiro atoms. The van der Waals surface area contributed by atoms with E-state index in [0.717, 1.165) is 0 Å². The van der Waals surface area contributed by atoms with Crippen LogP contribution < -0.4 is 4.74 Å². The van der Waals surface area contributed by atoms with E-state index >= 15 is 0 Å². The number of ketones is 1. The van der Waals surface area contributed by atoms with Crippen molar-refractivity contribution < 1.29 is 9.53 Å². The van der Waals surface area contributed by atoms with Gasteiger partial charge in [-0.2, -0.15) is 5.10 Å². The summed E-state index contributed by atoms with van der Waals surface area (Å²) in [5.74, 6) is 0.615. The van der Waals surface area contributed by atoms with E-state index in [1.165, 1.54) is 7.11 Å². The Hall–Kier alpha value is -1.45. The van der Waals surface area contributed by atoms with E-state index in [9.17, 15) is 4.79 Å². The van der Waals surface area contributed by atoms with Gasteiger partial charge < -0.3 is 4.74 Å². The zero-order valence-electron chi connectivity index (χ0n) is 9.57. The third-order valence-electron chi connectivity index (χ3n) is 2.08. The molecule has 82 valence electrons. The van der Waals surface area contributed by atoms with Crippen LogP contribution in [0.3, 0.4) is 0 Å². The van der Waals surface area contributed by atoms with E-state index in [1.54, 1.807) is 12.1 Å². The highest BCUT2D eigenvalue weighted by Crippen LogP contribution is 2.17. The third-order valence-corrected chi connectivity index (χ3v) is 2.08. The predicted octanol–water partition coefficient (Wildman–Crippen LogP) is 1.64. The van der Waals surface area contributed by atoms with Gasteiger partial charge >= 0.3 is 0 Å². The summed E-state index contributed by atoms with van der Waals surface area (Å²) in [7, 11) is 1.53. The van der Waals surface area contributed by atoms with Gasteiger partial charge in [0, 0.05) is 11.5 Å². The molecule has 1 aromatic rings. The van der Waals surface area contributed by atoms with Gasteiger partial charge in [-0.25, -0.2) is 0 Å². The van der Waals surface area contributed by atoms with Crippen molar-refractivity contribution in [3.63, 3.8) is 0 Å². The van der Waals surface area contributed by atoms with Crippen LogP contribution in [0.5, 0.6) is 5.88 Å². The fourth-order valence-electron chi connectivity index (χ4n) is 0.980. The fourth-order valence-corrected chi connectivity index (χ4v) is 0.980. The van der Waals surface area contributed by atoms with E-state index in [2.05, 4.69) is 10.2 Å². The van der Waals surface area contributed by atoms with Crippen LogP contribution in [0.4, 0.5) is 0 Å². The molecule has 0 fully saturated rings. The van der Waals surface area contributed by atoms with Crippen molar-refractivity contribution in [3.8, 4) is 5.88 Å². The molecule has 0 aliphatic heterocycles. The molecule has 0 unspecified atom stereocenters. The lowest BCUT2D eigenvalue weighted by Crippen LogP contribution is -2.22. The van der Waals surface area contributed by atoms with Crippen LogP contribution in [0.15, 0.2) is 12.1 Å². The van der Waals surface area contributed by atoms with E-state index in [1.807, 2.05) is 20.8 Å². The highest BCUT2D eigenvalue weighted by Gasteiger charge is 2.21. The molecule has 15 heavy (non-hydrogen) atoms. The molecule has 1 aromatic heterocycles. The van der Waals surface area contributed by atoms with Gasteiger partial charge in [-0.3, -0.25) is 4.79 Å². The second kappa shape index (κ2) is 4.38. The summed E-state index contributed by atoms with van der Waals surface area (Å²) in [4.78, 5) is 11.7. The number of hydrogen-bond acceptors (Lipinski definition) is 4. The average Bonchev–Trinajstić information content (AvgIpc) is 2.17. The van der Waals surface area contributed by atoms with Crippen LogP contribution in [-0.4, -0.2) is 23.1 Å². The number of rotatable bonds is 3. The normalized spacial score (nSPS) is 11.2. The minimum absolute atomic E-state index is 0.155. The van der Waals surface area contributed by atoms with Crippen LogP contribution in [0.2, 0.25) is 0 Å². The zero-order chi connectivity index (χ0) is 11.5. The first-order chi connectivity index (χ1) is 6.93. The average molecular weight is 208 g/mol. The van der Waals surface area contributed by atoms with E-state index < -0.39 is 0 Å². The molecule has 0 aliphatic rings. The molecule has 0 amide bonds. The number of nitrogens with zero attached hydrogens (tertiary/aromatic N) is 2. The van der Waals surface area contributed by atoms with E-state index in [4.69, 9.17) is 4.74 Å². The number of hydrogen-bond donors (Lipinski definition) is 0. The smallest absolute Gasteiger partial charge is 0.233 e. The van der Waals surface area contributed by atoms with Crippen molar-refractivity contribution in [1.29, 1.82) is 0 Å². The SMILES string of the molecule is COc1ccc(CC(=O)C(C)(C)C)nn1. The van der Waals surface area contributed by atoms with Gasteiger partial charge in [-0.05, 0) is 6.07 Å². The Kier molecular flexibility index (Phi) is 3.39. The molecule has 0 atom stereocenters. The maximum Gasteiger partial charge on any atom is 0.233 e. The van der Waals surface area contributed by atoms with Crippen LogP contribution in [0.25, 0.3) is 0 Å². The summed E-state index contributed by atoms with van der Waals surface area (Å²) in [6, 6.07) is 3.47. The number of carbonyl (C=O) groups is 1. The van der Waals surface area contributed by atoms with Gasteiger partial charge in [0.25, 0.3) is 0 Å². The number of Topliss-reactive ketones (excluding diaryl/α,β-unsaturated/α-hetero) is 1.